The van der Waals surface area contributed by atoms with E-state index in [0.29, 0.717) is 5.56 Å². The number of nitriles is 1. The zero-order valence-electron chi connectivity index (χ0n) is 29.8. The van der Waals surface area contributed by atoms with E-state index in [1.54, 1.807) is 12.1 Å². The Balaban J connectivity index is 1.29. The molecule has 3 aromatic heterocycles. The highest BCUT2D eigenvalue weighted by atomic mass is 32.2. The number of aromatic nitrogens is 3. The molecule has 0 saturated carbocycles. The van der Waals surface area contributed by atoms with E-state index < -0.39 is 9.84 Å². The fourth-order valence-corrected chi connectivity index (χ4v) is 9.96. The maximum atomic E-state index is 13.8. The fourth-order valence-electron chi connectivity index (χ4n) is 8.70. The zero-order chi connectivity index (χ0) is 37.5. The van der Waals surface area contributed by atoms with Crippen molar-refractivity contribution in [2.45, 2.75) is 9.79 Å². The van der Waals surface area contributed by atoms with Crippen LogP contribution in [0.15, 0.2) is 192 Å². The predicted octanol–water partition coefficient (Wildman–Crippen LogP) is 11.7. The van der Waals surface area contributed by atoms with Crippen molar-refractivity contribution in [2.24, 2.45) is 0 Å². The summed E-state index contributed by atoms with van der Waals surface area (Å²) in [5, 5.41) is 16.1. The van der Waals surface area contributed by atoms with E-state index >= 15 is 0 Å². The molecule has 0 fully saturated rings. The Kier molecular flexibility index (Phi) is 6.90. The Morgan fingerprint density at radius 2 is 0.839 bits per heavy atom. The van der Waals surface area contributed by atoms with Crippen LogP contribution in [0.2, 0.25) is 0 Å². The van der Waals surface area contributed by atoms with Gasteiger partial charge in [-0.1, -0.05) is 78.9 Å². The first-order chi connectivity index (χ1) is 27.5. The van der Waals surface area contributed by atoms with Crippen LogP contribution < -0.4 is 0 Å². The van der Waals surface area contributed by atoms with Gasteiger partial charge in [-0.2, -0.15) is 5.26 Å². The molecular formula is C49H30N4O2S. The number of fused-ring (bicyclic) bond motifs is 11. The highest BCUT2D eigenvalue weighted by Crippen LogP contribution is 2.46. The molecule has 0 aliphatic rings. The monoisotopic (exact) mass is 738 g/mol. The summed E-state index contributed by atoms with van der Waals surface area (Å²) in [6, 6.07) is 62.3. The van der Waals surface area contributed by atoms with Crippen LogP contribution in [0, 0.1) is 11.3 Å². The molecule has 0 amide bonds. The van der Waals surface area contributed by atoms with E-state index in [0.717, 1.165) is 77.1 Å². The minimum Gasteiger partial charge on any atom is -0.309 e. The van der Waals surface area contributed by atoms with Crippen LogP contribution in [0.3, 0.4) is 0 Å². The third kappa shape index (κ3) is 4.51. The molecule has 0 bridgehead atoms. The molecule has 3 heterocycles. The van der Waals surface area contributed by atoms with Crippen molar-refractivity contribution < 1.29 is 8.42 Å². The van der Waals surface area contributed by atoms with Crippen LogP contribution in [0.4, 0.5) is 0 Å². The third-order valence-corrected chi connectivity index (χ3v) is 12.9. The highest BCUT2D eigenvalue weighted by Gasteiger charge is 2.25. The second-order valence-electron chi connectivity index (χ2n) is 14.1. The quantitative estimate of drug-likeness (QED) is 0.176. The molecule has 7 heteroatoms. The lowest BCUT2D eigenvalue weighted by atomic mass is 10.0. The van der Waals surface area contributed by atoms with Crippen molar-refractivity contribution in [2.75, 3.05) is 0 Å². The molecule has 56 heavy (non-hydrogen) atoms. The summed E-state index contributed by atoms with van der Waals surface area (Å²) < 4.78 is 34.5. The fraction of sp³-hybridized carbons (Fsp3) is 0. The largest absolute Gasteiger partial charge is 0.309 e. The summed E-state index contributed by atoms with van der Waals surface area (Å²) in [5.41, 5.74) is 9.91. The topological polar surface area (TPSA) is 72.7 Å². The van der Waals surface area contributed by atoms with Gasteiger partial charge in [0.25, 0.3) is 0 Å². The molecule has 8 aromatic carbocycles. The molecule has 0 spiro atoms. The van der Waals surface area contributed by atoms with Gasteiger partial charge in [-0.3, -0.25) is 0 Å². The predicted molar refractivity (Wildman–Crippen MR) is 226 cm³/mol. The first kappa shape index (κ1) is 32.1. The van der Waals surface area contributed by atoms with Crippen LogP contribution in [0.5, 0.6) is 0 Å². The molecule has 0 unspecified atom stereocenters. The molecular weight excluding hydrogens is 709 g/mol. The molecule has 264 valence electrons. The van der Waals surface area contributed by atoms with Gasteiger partial charge in [0.05, 0.1) is 54.5 Å². The van der Waals surface area contributed by atoms with Gasteiger partial charge >= 0.3 is 0 Å². The second-order valence-corrected chi connectivity index (χ2v) is 16.0. The van der Waals surface area contributed by atoms with E-state index in [-0.39, 0.29) is 9.79 Å². The second kappa shape index (κ2) is 12.1. The number of hydrogen-bond donors (Lipinski definition) is 0. The number of rotatable bonds is 5. The molecule has 0 radical (unpaired) electrons. The van der Waals surface area contributed by atoms with Gasteiger partial charge in [-0.05, 0) is 103 Å². The third-order valence-electron chi connectivity index (χ3n) is 11.1. The number of benzene rings is 8. The lowest BCUT2D eigenvalue weighted by Gasteiger charge is -2.11. The Morgan fingerprint density at radius 1 is 0.375 bits per heavy atom. The van der Waals surface area contributed by atoms with E-state index in [2.05, 4.69) is 141 Å². The van der Waals surface area contributed by atoms with Gasteiger partial charge in [0.15, 0.2) is 0 Å². The van der Waals surface area contributed by atoms with Crippen molar-refractivity contribution >= 4 is 75.3 Å². The Bertz CT molecular complexity index is 3520. The SMILES string of the molecule is N#Cc1ccc(S(=O)(=O)c2ccc(-n3c4ccc5c(c6ccccc6n5-c5ccccc5)c4c4c3ccc3c5ccccc5n(-c5ccccc5)c34)cc2)cc1. The molecule has 0 saturated heterocycles. The molecule has 0 aliphatic heterocycles. The first-order valence-electron chi connectivity index (χ1n) is 18.4. The van der Waals surface area contributed by atoms with Crippen molar-refractivity contribution in [1.29, 1.82) is 5.26 Å². The highest BCUT2D eigenvalue weighted by molar-refractivity contribution is 7.91. The van der Waals surface area contributed by atoms with Gasteiger partial charge < -0.3 is 13.7 Å². The number of hydrogen-bond acceptors (Lipinski definition) is 3. The molecule has 6 nitrogen and oxygen atoms in total. The van der Waals surface area contributed by atoms with Gasteiger partial charge in [-0.25, -0.2) is 8.42 Å². The maximum Gasteiger partial charge on any atom is 0.206 e. The summed E-state index contributed by atoms with van der Waals surface area (Å²) in [5.74, 6) is 0. The van der Waals surface area contributed by atoms with E-state index in [4.69, 9.17) is 0 Å². The van der Waals surface area contributed by atoms with Crippen molar-refractivity contribution in [3.05, 3.63) is 188 Å². The summed E-state index contributed by atoms with van der Waals surface area (Å²) in [7, 11) is -3.82. The van der Waals surface area contributed by atoms with Crippen LogP contribution in [0.1, 0.15) is 5.56 Å². The van der Waals surface area contributed by atoms with Crippen LogP contribution in [0.25, 0.3) is 82.5 Å². The van der Waals surface area contributed by atoms with Crippen molar-refractivity contribution in [1.82, 2.24) is 13.7 Å². The minimum absolute atomic E-state index is 0.148. The summed E-state index contributed by atoms with van der Waals surface area (Å²) in [6.45, 7) is 0. The first-order valence-corrected chi connectivity index (χ1v) is 19.9. The van der Waals surface area contributed by atoms with E-state index in [1.807, 2.05) is 24.3 Å². The summed E-state index contributed by atoms with van der Waals surface area (Å²) in [6.07, 6.45) is 0. The van der Waals surface area contributed by atoms with Gasteiger partial charge in [0.1, 0.15) is 0 Å². The zero-order valence-corrected chi connectivity index (χ0v) is 30.7. The molecule has 11 aromatic rings. The van der Waals surface area contributed by atoms with Crippen molar-refractivity contribution in [3.63, 3.8) is 0 Å². The molecule has 0 N–H and O–H groups in total. The Hall–Kier alpha value is -7.40. The summed E-state index contributed by atoms with van der Waals surface area (Å²) >= 11 is 0. The van der Waals surface area contributed by atoms with E-state index in [9.17, 15) is 13.7 Å². The Morgan fingerprint density at radius 3 is 1.48 bits per heavy atom. The minimum atomic E-state index is -3.82. The standard InChI is InChI=1S/C49H30N4O2S/c50-31-32-19-23-36(24-20-32)56(54,55)37-25-21-35(22-26-37)52-44-30-29-43-46(40-16-8-10-18-42(40)51(43)33-11-3-1-4-12-33)47(44)48-45(52)28-27-39-38-15-7-9-17-41(38)53(49(39)48)34-13-5-2-6-14-34/h1-30H. The normalized spacial score (nSPS) is 12.1. The van der Waals surface area contributed by atoms with Crippen LogP contribution in [-0.4, -0.2) is 22.1 Å². The number of para-hydroxylation sites is 4. The molecule has 11 rings (SSSR count). The maximum absolute atomic E-state index is 13.8. The molecule has 0 atom stereocenters. The smallest absolute Gasteiger partial charge is 0.206 e. The average molecular weight is 739 g/mol. The lowest BCUT2D eigenvalue weighted by molar-refractivity contribution is 0.596. The summed E-state index contributed by atoms with van der Waals surface area (Å²) in [4.78, 5) is 0.334. The number of nitrogens with zero attached hydrogens (tertiary/aromatic N) is 4. The van der Waals surface area contributed by atoms with Crippen molar-refractivity contribution in [3.8, 4) is 23.1 Å². The van der Waals surface area contributed by atoms with Crippen LogP contribution in [-0.2, 0) is 9.84 Å². The average Bonchev–Trinajstić information content (AvgIpc) is 3.90. The van der Waals surface area contributed by atoms with Gasteiger partial charge in [-0.15, -0.1) is 0 Å². The van der Waals surface area contributed by atoms with E-state index in [1.165, 1.54) is 29.7 Å². The number of sulfone groups is 1. The Labute approximate surface area is 321 Å². The van der Waals surface area contributed by atoms with Crippen LogP contribution >= 0.6 is 0 Å². The van der Waals surface area contributed by atoms with Gasteiger partial charge in [0, 0.05) is 49.4 Å². The van der Waals surface area contributed by atoms with Gasteiger partial charge in [0.2, 0.25) is 9.84 Å². The molecule has 0 aliphatic carbocycles. The lowest BCUT2D eigenvalue weighted by Crippen LogP contribution is -2.03.